The van der Waals surface area contributed by atoms with Crippen molar-refractivity contribution in [3.05, 3.63) is 102 Å². The number of hydrogen-bond donors (Lipinski definition) is 0. The van der Waals surface area contributed by atoms with Crippen LogP contribution in [0.4, 0.5) is 0 Å². The summed E-state index contributed by atoms with van der Waals surface area (Å²) in [6.45, 7) is 10.2. The molecule has 0 aliphatic heterocycles. The summed E-state index contributed by atoms with van der Waals surface area (Å²) in [7, 11) is 0. The van der Waals surface area contributed by atoms with Gasteiger partial charge in [-0.3, -0.25) is 0 Å². The van der Waals surface area contributed by atoms with Crippen LogP contribution < -0.4 is 0 Å². The van der Waals surface area contributed by atoms with E-state index in [0.29, 0.717) is 0 Å². The van der Waals surface area contributed by atoms with Crippen molar-refractivity contribution in [1.82, 2.24) is 0 Å². The van der Waals surface area contributed by atoms with Crippen LogP contribution in [0.25, 0.3) is 16.7 Å². The number of rotatable bonds is 2. The molecule has 116 valence electrons. The van der Waals surface area contributed by atoms with Crippen molar-refractivity contribution in [2.45, 2.75) is 20.8 Å². The fraction of sp³-hybridized carbons (Fsp3) is 0.130. The first-order chi connectivity index (χ1) is 11.1. The number of aryl methyl sites for hydroxylation is 2. The van der Waals surface area contributed by atoms with Crippen LogP contribution in [0.2, 0.25) is 0 Å². The van der Waals surface area contributed by atoms with Gasteiger partial charge in [0.1, 0.15) is 0 Å². The van der Waals surface area contributed by atoms with E-state index in [-0.39, 0.29) is 0 Å². The van der Waals surface area contributed by atoms with Gasteiger partial charge < -0.3 is 0 Å². The fourth-order valence-electron chi connectivity index (χ4n) is 2.37. The minimum atomic E-state index is 1.11. The first kappa shape index (κ1) is 16.8. The molecule has 3 aromatic rings. The minimum Gasteiger partial charge on any atom is -0.0955 e. The minimum absolute atomic E-state index is 1.11. The Kier molecular flexibility index (Phi) is 5.94. The lowest BCUT2D eigenvalue weighted by atomic mass is 9.98. The Hall–Kier alpha value is -2.60. The quantitative estimate of drug-likeness (QED) is 0.494. The summed E-state index contributed by atoms with van der Waals surface area (Å²) in [6, 6.07) is 27.3. The van der Waals surface area contributed by atoms with E-state index in [9.17, 15) is 0 Å². The molecule has 0 aliphatic rings. The topological polar surface area (TPSA) is 0 Å². The molecule has 0 bridgehead atoms. The third kappa shape index (κ3) is 4.96. The zero-order valence-corrected chi connectivity index (χ0v) is 14.2. The maximum atomic E-state index is 3.95. The highest BCUT2D eigenvalue weighted by atomic mass is 14.1. The molecule has 0 unspecified atom stereocenters. The van der Waals surface area contributed by atoms with Gasteiger partial charge in [0.05, 0.1) is 0 Å². The van der Waals surface area contributed by atoms with Gasteiger partial charge in [-0.1, -0.05) is 96.6 Å². The predicted octanol–water partition coefficient (Wildman–Crippen LogP) is 6.69. The molecule has 0 saturated carbocycles. The van der Waals surface area contributed by atoms with Crippen molar-refractivity contribution < 1.29 is 0 Å². The molecule has 0 fully saturated rings. The number of hydrogen-bond acceptors (Lipinski definition) is 0. The van der Waals surface area contributed by atoms with E-state index in [4.69, 9.17) is 0 Å². The number of benzene rings is 3. The molecule has 0 spiro atoms. The van der Waals surface area contributed by atoms with E-state index >= 15 is 0 Å². The van der Waals surface area contributed by atoms with Crippen LogP contribution in [-0.2, 0) is 0 Å². The molecule has 0 atom stereocenters. The Morgan fingerprint density at radius 1 is 0.696 bits per heavy atom. The molecular formula is C23H24. The van der Waals surface area contributed by atoms with Crippen LogP contribution in [0.5, 0.6) is 0 Å². The van der Waals surface area contributed by atoms with E-state index in [0.717, 1.165) is 5.57 Å². The standard InChI is InChI=1S/C16H16.C7H8/c1-12(2)14-8-10-15(11-9-14)16-7-5-4-6-13(16)3;1-7-5-3-2-4-6-7/h4-11H,1H2,2-3H3;2-6H,1H3. The second-order valence-corrected chi connectivity index (χ2v) is 5.83. The van der Waals surface area contributed by atoms with E-state index in [1.54, 1.807) is 0 Å². The Balaban J connectivity index is 0.000000229. The molecule has 0 N–H and O–H groups in total. The predicted molar refractivity (Wildman–Crippen MR) is 103 cm³/mol. The maximum absolute atomic E-state index is 3.95. The van der Waals surface area contributed by atoms with Crippen molar-refractivity contribution >= 4 is 5.57 Å². The van der Waals surface area contributed by atoms with Crippen molar-refractivity contribution in [3.63, 3.8) is 0 Å². The summed E-state index contributed by atoms with van der Waals surface area (Å²) >= 11 is 0. The summed E-state index contributed by atoms with van der Waals surface area (Å²) in [5.74, 6) is 0. The summed E-state index contributed by atoms with van der Waals surface area (Å²) in [5, 5.41) is 0. The fourth-order valence-corrected chi connectivity index (χ4v) is 2.37. The van der Waals surface area contributed by atoms with Crippen LogP contribution >= 0.6 is 0 Å². The van der Waals surface area contributed by atoms with Crippen LogP contribution in [0, 0.1) is 13.8 Å². The lowest BCUT2D eigenvalue weighted by Gasteiger charge is -2.07. The van der Waals surface area contributed by atoms with Gasteiger partial charge in [-0.25, -0.2) is 0 Å². The smallest absolute Gasteiger partial charge is 0.0155 e. The Bertz CT molecular complexity index is 750. The van der Waals surface area contributed by atoms with E-state index in [2.05, 4.69) is 81.1 Å². The molecule has 0 amide bonds. The zero-order valence-electron chi connectivity index (χ0n) is 14.2. The van der Waals surface area contributed by atoms with Gasteiger partial charge >= 0.3 is 0 Å². The summed E-state index contributed by atoms with van der Waals surface area (Å²) in [5.41, 5.74) is 7.51. The third-order valence-electron chi connectivity index (χ3n) is 3.77. The first-order valence-corrected chi connectivity index (χ1v) is 7.91. The molecular weight excluding hydrogens is 276 g/mol. The molecule has 3 aromatic carbocycles. The molecule has 0 heterocycles. The third-order valence-corrected chi connectivity index (χ3v) is 3.77. The highest BCUT2D eigenvalue weighted by Crippen LogP contribution is 2.24. The van der Waals surface area contributed by atoms with Gasteiger partial charge in [0.25, 0.3) is 0 Å². The second kappa shape index (κ2) is 8.14. The molecule has 3 rings (SSSR count). The van der Waals surface area contributed by atoms with Gasteiger partial charge in [-0.2, -0.15) is 0 Å². The van der Waals surface area contributed by atoms with Crippen molar-refractivity contribution in [3.8, 4) is 11.1 Å². The number of allylic oxidation sites excluding steroid dienone is 1. The highest BCUT2D eigenvalue weighted by molar-refractivity contribution is 5.70. The average Bonchev–Trinajstić information content (AvgIpc) is 2.57. The lowest BCUT2D eigenvalue weighted by molar-refractivity contribution is 1.45. The molecule has 0 aromatic heterocycles. The SMILES string of the molecule is C=C(C)c1ccc(-c2ccccc2C)cc1.Cc1ccccc1. The van der Waals surface area contributed by atoms with Crippen LogP contribution in [0.3, 0.4) is 0 Å². The van der Waals surface area contributed by atoms with Gasteiger partial charge in [-0.15, -0.1) is 0 Å². The monoisotopic (exact) mass is 300 g/mol. The normalized spacial score (nSPS) is 9.70. The van der Waals surface area contributed by atoms with Gasteiger partial charge in [0.2, 0.25) is 0 Å². The Morgan fingerprint density at radius 2 is 1.26 bits per heavy atom. The van der Waals surface area contributed by atoms with E-state index in [1.807, 2.05) is 25.1 Å². The summed E-state index contributed by atoms with van der Waals surface area (Å²) in [4.78, 5) is 0. The largest absolute Gasteiger partial charge is 0.0955 e. The van der Waals surface area contributed by atoms with E-state index in [1.165, 1.54) is 27.8 Å². The lowest BCUT2D eigenvalue weighted by Crippen LogP contribution is -1.83. The van der Waals surface area contributed by atoms with Gasteiger partial charge in [-0.05, 0) is 43.0 Å². The van der Waals surface area contributed by atoms with Crippen molar-refractivity contribution in [2.24, 2.45) is 0 Å². The molecule has 0 nitrogen and oxygen atoms in total. The second-order valence-electron chi connectivity index (χ2n) is 5.83. The van der Waals surface area contributed by atoms with E-state index < -0.39 is 0 Å². The molecule has 0 heteroatoms. The molecule has 0 saturated heterocycles. The highest BCUT2D eigenvalue weighted by Gasteiger charge is 2.00. The van der Waals surface area contributed by atoms with Crippen LogP contribution in [-0.4, -0.2) is 0 Å². The van der Waals surface area contributed by atoms with Crippen molar-refractivity contribution in [1.29, 1.82) is 0 Å². The van der Waals surface area contributed by atoms with Crippen LogP contribution in [0.1, 0.15) is 23.6 Å². The van der Waals surface area contributed by atoms with Gasteiger partial charge in [0.15, 0.2) is 0 Å². The maximum Gasteiger partial charge on any atom is -0.0155 e. The first-order valence-electron chi connectivity index (χ1n) is 7.91. The molecule has 23 heavy (non-hydrogen) atoms. The Labute approximate surface area is 140 Å². The average molecular weight is 300 g/mol. The zero-order chi connectivity index (χ0) is 16.7. The van der Waals surface area contributed by atoms with Crippen LogP contribution in [0.15, 0.2) is 85.4 Å². The molecule has 0 radical (unpaired) electrons. The summed E-state index contributed by atoms with van der Waals surface area (Å²) in [6.07, 6.45) is 0. The summed E-state index contributed by atoms with van der Waals surface area (Å²) < 4.78 is 0. The Morgan fingerprint density at radius 3 is 1.74 bits per heavy atom. The molecule has 0 aliphatic carbocycles. The van der Waals surface area contributed by atoms with Gasteiger partial charge in [0, 0.05) is 0 Å². The van der Waals surface area contributed by atoms with Crippen molar-refractivity contribution in [2.75, 3.05) is 0 Å².